The Morgan fingerprint density at radius 2 is 1.93 bits per heavy atom. The lowest BCUT2D eigenvalue weighted by Gasteiger charge is -1.95. The molecule has 0 spiro atoms. The normalized spacial score (nSPS) is 12.1. The number of para-hydroxylation sites is 1. The number of rotatable bonds is 1. The second-order valence-corrected chi connectivity index (χ2v) is 5.23. The number of halogens is 1. The minimum Gasteiger partial charge on any atom is -0.296 e. The fraction of sp³-hybridized carbons (Fsp3) is 0. The molecule has 0 bridgehead atoms. The maximum atomic E-state index is 11.1. The first-order valence-electron chi connectivity index (χ1n) is 3.64. The quantitative estimate of drug-likeness (QED) is 0.713. The van der Waals surface area contributed by atoms with Gasteiger partial charge in [-0.2, -0.15) is 0 Å². The molecule has 2 aromatic rings. The van der Waals surface area contributed by atoms with E-state index in [2.05, 4.69) is 10.2 Å². The molecule has 0 radical (unpaired) electrons. The van der Waals surface area contributed by atoms with Crippen molar-refractivity contribution in [1.82, 2.24) is 10.2 Å². The topological polar surface area (TPSA) is 82.8 Å². The molecular formula is C7H5ClN2O3S. The Balaban J connectivity index is 3.00. The molecule has 2 rings (SSSR count). The van der Waals surface area contributed by atoms with Crippen LogP contribution in [0.4, 0.5) is 0 Å². The van der Waals surface area contributed by atoms with Crippen molar-refractivity contribution in [2.45, 2.75) is 4.90 Å². The summed E-state index contributed by atoms with van der Waals surface area (Å²) in [5, 5.41) is 5.02. The van der Waals surface area contributed by atoms with Crippen LogP contribution >= 0.6 is 10.7 Å². The maximum absolute atomic E-state index is 11.1. The summed E-state index contributed by atoms with van der Waals surface area (Å²) in [4.78, 5) is 11.0. The van der Waals surface area contributed by atoms with Crippen LogP contribution < -0.4 is 5.56 Å². The van der Waals surface area contributed by atoms with E-state index in [-0.39, 0.29) is 21.4 Å². The Morgan fingerprint density at radius 1 is 1.21 bits per heavy atom. The third kappa shape index (κ3) is 1.32. The van der Waals surface area contributed by atoms with Gasteiger partial charge in [-0.1, -0.05) is 6.07 Å². The van der Waals surface area contributed by atoms with Crippen molar-refractivity contribution in [2.75, 3.05) is 0 Å². The Labute approximate surface area is 83.1 Å². The first-order valence-corrected chi connectivity index (χ1v) is 5.95. The van der Waals surface area contributed by atoms with E-state index in [1.165, 1.54) is 18.2 Å². The molecule has 0 aliphatic carbocycles. The van der Waals surface area contributed by atoms with Gasteiger partial charge in [0.1, 0.15) is 4.90 Å². The molecule has 0 aliphatic rings. The summed E-state index contributed by atoms with van der Waals surface area (Å²) in [5.74, 6) is 0. The lowest BCUT2D eigenvalue weighted by atomic mass is 10.2. The van der Waals surface area contributed by atoms with E-state index in [9.17, 15) is 13.2 Å². The highest BCUT2D eigenvalue weighted by molar-refractivity contribution is 8.14. The molecule has 5 nitrogen and oxygen atoms in total. The largest absolute Gasteiger partial charge is 0.296 e. The molecule has 0 amide bonds. The summed E-state index contributed by atoms with van der Waals surface area (Å²) in [6.07, 6.45) is 0. The van der Waals surface area contributed by atoms with Crippen molar-refractivity contribution in [3.05, 3.63) is 28.6 Å². The van der Waals surface area contributed by atoms with Gasteiger partial charge in [-0.25, -0.2) is 8.42 Å². The standard InChI is InChI=1S/C7H5ClN2O3S/c8-14(12,13)5-3-1-2-4-6(5)9-10-7(4)11/h1-3H,(H2,9,10,11). The van der Waals surface area contributed by atoms with Crippen molar-refractivity contribution in [1.29, 1.82) is 0 Å². The third-order valence-electron chi connectivity index (χ3n) is 1.83. The molecule has 0 saturated carbocycles. The Bertz CT molecular complexity index is 640. The summed E-state index contributed by atoms with van der Waals surface area (Å²) in [6, 6.07) is 4.30. The van der Waals surface area contributed by atoms with Gasteiger partial charge >= 0.3 is 0 Å². The molecule has 0 atom stereocenters. The fourth-order valence-corrected chi connectivity index (χ4v) is 2.27. The highest BCUT2D eigenvalue weighted by Gasteiger charge is 2.15. The van der Waals surface area contributed by atoms with E-state index < -0.39 is 9.05 Å². The van der Waals surface area contributed by atoms with Crippen LogP contribution in [0.3, 0.4) is 0 Å². The summed E-state index contributed by atoms with van der Waals surface area (Å²) >= 11 is 0. The van der Waals surface area contributed by atoms with Gasteiger partial charge in [0.25, 0.3) is 14.6 Å². The van der Waals surface area contributed by atoms with E-state index in [1.807, 2.05) is 0 Å². The van der Waals surface area contributed by atoms with Crippen LogP contribution in [0.5, 0.6) is 0 Å². The van der Waals surface area contributed by atoms with Gasteiger partial charge in [0.05, 0.1) is 10.9 Å². The van der Waals surface area contributed by atoms with Gasteiger partial charge < -0.3 is 0 Å². The van der Waals surface area contributed by atoms with E-state index in [4.69, 9.17) is 10.7 Å². The van der Waals surface area contributed by atoms with Crippen molar-refractivity contribution < 1.29 is 8.42 Å². The molecule has 7 heteroatoms. The number of hydrogen-bond acceptors (Lipinski definition) is 3. The molecule has 1 heterocycles. The van der Waals surface area contributed by atoms with Crippen LogP contribution in [0.15, 0.2) is 27.9 Å². The summed E-state index contributed by atoms with van der Waals surface area (Å²) in [7, 11) is 1.35. The zero-order chi connectivity index (χ0) is 10.3. The third-order valence-corrected chi connectivity index (χ3v) is 3.20. The van der Waals surface area contributed by atoms with Crippen molar-refractivity contribution in [3.63, 3.8) is 0 Å². The number of fused-ring (bicyclic) bond motifs is 1. The van der Waals surface area contributed by atoms with Crippen LogP contribution in [0, 0.1) is 0 Å². The monoisotopic (exact) mass is 232 g/mol. The Hall–Kier alpha value is -1.27. The van der Waals surface area contributed by atoms with Crippen LogP contribution in [0.2, 0.25) is 0 Å². The minimum absolute atomic E-state index is 0.102. The lowest BCUT2D eigenvalue weighted by molar-refractivity contribution is 0.610. The fourth-order valence-electron chi connectivity index (χ4n) is 1.24. The number of aromatic amines is 2. The molecule has 1 aromatic heterocycles. The zero-order valence-electron chi connectivity index (χ0n) is 6.74. The van der Waals surface area contributed by atoms with Crippen LogP contribution in [-0.2, 0) is 9.05 Å². The summed E-state index contributed by atoms with van der Waals surface area (Å²) < 4.78 is 22.2. The van der Waals surface area contributed by atoms with Gasteiger partial charge in [0.2, 0.25) is 0 Å². The second-order valence-electron chi connectivity index (χ2n) is 2.70. The number of nitrogens with one attached hydrogen (secondary N) is 2. The summed E-state index contributed by atoms with van der Waals surface area (Å²) in [6.45, 7) is 0. The predicted octanol–water partition coefficient (Wildman–Crippen LogP) is 0.784. The Kier molecular flexibility index (Phi) is 1.90. The van der Waals surface area contributed by atoms with Gasteiger partial charge in [-0.3, -0.25) is 15.0 Å². The molecule has 0 fully saturated rings. The first kappa shape index (κ1) is 9.29. The second kappa shape index (κ2) is 2.86. The number of H-pyrrole nitrogens is 2. The first-order chi connectivity index (χ1) is 6.50. The molecular weight excluding hydrogens is 228 g/mol. The van der Waals surface area contributed by atoms with Crippen LogP contribution in [-0.4, -0.2) is 18.6 Å². The molecule has 0 unspecified atom stereocenters. The van der Waals surface area contributed by atoms with Crippen molar-refractivity contribution >= 4 is 30.6 Å². The van der Waals surface area contributed by atoms with E-state index in [0.717, 1.165) is 0 Å². The highest BCUT2D eigenvalue weighted by Crippen LogP contribution is 2.21. The smallest absolute Gasteiger partial charge is 0.271 e. The van der Waals surface area contributed by atoms with E-state index in [1.54, 1.807) is 0 Å². The number of hydrogen-bond donors (Lipinski definition) is 2. The molecule has 1 aromatic carbocycles. The number of aromatic nitrogens is 2. The van der Waals surface area contributed by atoms with Crippen molar-refractivity contribution in [2.24, 2.45) is 0 Å². The van der Waals surface area contributed by atoms with Gasteiger partial charge in [0.15, 0.2) is 0 Å². The Morgan fingerprint density at radius 3 is 2.57 bits per heavy atom. The van der Waals surface area contributed by atoms with Crippen LogP contribution in [0.25, 0.3) is 10.9 Å². The van der Waals surface area contributed by atoms with E-state index in [0.29, 0.717) is 0 Å². The lowest BCUT2D eigenvalue weighted by Crippen LogP contribution is -1.97. The van der Waals surface area contributed by atoms with Gasteiger partial charge in [-0.15, -0.1) is 0 Å². The maximum Gasteiger partial charge on any atom is 0.271 e. The summed E-state index contributed by atoms with van der Waals surface area (Å²) in [5.41, 5.74) is -0.172. The molecule has 0 saturated heterocycles. The zero-order valence-corrected chi connectivity index (χ0v) is 8.32. The van der Waals surface area contributed by atoms with Gasteiger partial charge in [-0.05, 0) is 12.1 Å². The highest BCUT2D eigenvalue weighted by atomic mass is 35.7. The molecule has 14 heavy (non-hydrogen) atoms. The SMILES string of the molecule is O=c1[nH][nH]c2c(S(=O)(=O)Cl)cccc12. The number of benzene rings is 1. The van der Waals surface area contributed by atoms with Gasteiger partial charge in [0, 0.05) is 10.7 Å². The molecule has 2 N–H and O–H groups in total. The minimum atomic E-state index is -3.83. The molecule has 74 valence electrons. The average Bonchev–Trinajstić information content (AvgIpc) is 2.46. The van der Waals surface area contributed by atoms with E-state index >= 15 is 0 Å². The molecule has 0 aliphatic heterocycles. The average molecular weight is 233 g/mol. The predicted molar refractivity (Wildman–Crippen MR) is 52.0 cm³/mol. The van der Waals surface area contributed by atoms with Crippen LogP contribution in [0.1, 0.15) is 0 Å². The van der Waals surface area contributed by atoms with Crippen molar-refractivity contribution in [3.8, 4) is 0 Å².